The quantitative estimate of drug-likeness (QED) is 0.744. The Bertz CT molecular complexity index is 499. The smallest absolute Gasteiger partial charge is 0.154 e. The topological polar surface area (TPSA) is 73.5 Å². The second-order valence-corrected chi connectivity index (χ2v) is 4.31. The van der Waals surface area contributed by atoms with Gasteiger partial charge in [-0.15, -0.1) is 15.3 Å². The Hall–Kier alpha value is -1.76. The van der Waals surface area contributed by atoms with Crippen molar-refractivity contribution in [3.63, 3.8) is 0 Å². The molecule has 0 aromatic carbocycles. The number of nitrogens with zero attached hydrogens (tertiary/aromatic N) is 6. The fourth-order valence-corrected chi connectivity index (χ4v) is 1.62. The highest BCUT2D eigenvalue weighted by Crippen LogP contribution is 2.01. The van der Waals surface area contributed by atoms with E-state index in [1.807, 2.05) is 24.7 Å². The standard InChI is InChI=1S/C11H19N7/c1-4-5-12-6-10-7-18(16-14-10)8-11-15-13-9(2)17(11)3/h7,12H,4-6,8H2,1-3H3. The van der Waals surface area contributed by atoms with Crippen LogP contribution >= 0.6 is 0 Å². The van der Waals surface area contributed by atoms with Crippen LogP contribution in [0.5, 0.6) is 0 Å². The predicted molar refractivity (Wildman–Crippen MR) is 66.9 cm³/mol. The molecule has 0 fully saturated rings. The van der Waals surface area contributed by atoms with Gasteiger partial charge in [-0.25, -0.2) is 4.68 Å². The molecule has 0 aliphatic rings. The molecule has 0 atom stereocenters. The van der Waals surface area contributed by atoms with Crippen LogP contribution in [0.2, 0.25) is 0 Å². The molecule has 2 aromatic rings. The molecule has 2 rings (SSSR count). The Morgan fingerprint density at radius 2 is 2.11 bits per heavy atom. The van der Waals surface area contributed by atoms with Crippen molar-refractivity contribution >= 4 is 0 Å². The maximum absolute atomic E-state index is 4.11. The van der Waals surface area contributed by atoms with Crippen LogP contribution < -0.4 is 5.32 Å². The summed E-state index contributed by atoms with van der Waals surface area (Å²) in [6.45, 7) is 6.41. The molecule has 0 unspecified atom stereocenters. The predicted octanol–water partition coefficient (Wildman–Crippen LogP) is 0.263. The number of nitrogens with one attached hydrogen (secondary N) is 1. The summed E-state index contributed by atoms with van der Waals surface area (Å²) >= 11 is 0. The fourth-order valence-electron chi connectivity index (χ4n) is 1.62. The number of hydrogen-bond acceptors (Lipinski definition) is 5. The van der Waals surface area contributed by atoms with Crippen LogP contribution in [0, 0.1) is 6.92 Å². The van der Waals surface area contributed by atoms with Gasteiger partial charge >= 0.3 is 0 Å². The zero-order chi connectivity index (χ0) is 13.0. The average Bonchev–Trinajstić information content (AvgIpc) is 2.92. The second kappa shape index (κ2) is 5.72. The molecule has 7 nitrogen and oxygen atoms in total. The zero-order valence-electron chi connectivity index (χ0n) is 11.1. The Morgan fingerprint density at radius 3 is 2.78 bits per heavy atom. The van der Waals surface area contributed by atoms with Gasteiger partial charge in [0.2, 0.25) is 0 Å². The first-order valence-electron chi connectivity index (χ1n) is 6.15. The van der Waals surface area contributed by atoms with Crippen LogP contribution in [0.3, 0.4) is 0 Å². The molecule has 0 radical (unpaired) electrons. The first-order valence-corrected chi connectivity index (χ1v) is 6.15. The van der Waals surface area contributed by atoms with Gasteiger partial charge in [0.15, 0.2) is 5.82 Å². The molecule has 0 amide bonds. The number of hydrogen-bond donors (Lipinski definition) is 1. The molecular formula is C11H19N7. The third-order valence-electron chi connectivity index (χ3n) is 2.81. The Balaban J connectivity index is 1.96. The van der Waals surface area contributed by atoms with Crippen LogP contribution in [0.25, 0.3) is 0 Å². The molecule has 0 bridgehead atoms. The van der Waals surface area contributed by atoms with E-state index in [-0.39, 0.29) is 0 Å². The van der Waals surface area contributed by atoms with Crippen molar-refractivity contribution in [2.45, 2.75) is 33.4 Å². The number of aryl methyl sites for hydroxylation is 1. The summed E-state index contributed by atoms with van der Waals surface area (Å²) in [5, 5.41) is 19.6. The van der Waals surface area contributed by atoms with E-state index < -0.39 is 0 Å². The van der Waals surface area contributed by atoms with Gasteiger partial charge in [0, 0.05) is 13.6 Å². The van der Waals surface area contributed by atoms with Gasteiger partial charge in [-0.3, -0.25) is 0 Å². The third kappa shape index (κ3) is 2.92. The lowest BCUT2D eigenvalue weighted by molar-refractivity contribution is 0.603. The van der Waals surface area contributed by atoms with Crippen LogP contribution in [0.15, 0.2) is 6.20 Å². The molecule has 0 aliphatic carbocycles. The van der Waals surface area contributed by atoms with E-state index in [0.717, 1.165) is 36.9 Å². The van der Waals surface area contributed by atoms with E-state index in [1.165, 1.54) is 0 Å². The molecule has 0 aliphatic heterocycles. The molecule has 2 heterocycles. The van der Waals surface area contributed by atoms with E-state index in [0.29, 0.717) is 6.54 Å². The summed E-state index contributed by atoms with van der Waals surface area (Å²) in [4.78, 5) is 0. The zero-order valence-corrected chi connectivity index (χ0v) is 11.1. The molecule has 18 heavy (non-hydrogen) atoms. The molecule has 0 saturated heterocycles. The van der Waals surface area contributed by atoms with Gasteiger partial charge in [0.05, 0.1) is 11.9 Å². The van der Waals surface area contributed by atoms with Crippen molar-refractivity contribution < 1.29 is 0 Å². The molecule has 98 valence electrons. The van der Waals surface area contributed by atoms with Crippen molar-refractivity contribution in [2.75, 3.05) is 6.54 Å². The minimum absolute atomic E-state index is 0.595. The highest BCUT2D eigenvalue weighted by molar-refractivity contribution is 4.96. The minimum Gasteiger partial charge on any atom is -0.317 e. The van der Waals surface area contributed by atoms with E-state index in [4.69, 9.17) is 0 Å². The van der Waals surface area contributed by atoms with Gasteiger partial charge in [-0.1, -0.05) is 12.1 Å². The molecular weight excluding hydrogens is 230 g/mol. The molecule has 1 N–H and O–H groups in total. The maximum Gasteiger partial charge on any atom is 0.154 e. The van der Waals surface area contributed by atoms with Crippen LogP contribution in [-0.4, -0.2) is 36.3 Å². The van der Waals surface area contributed by atoms with E-state index in [1.54, 1.807) is 4.68 Å². The van der Waals surface area contributed by atoms with Gasteiger partial charge in [0.25, 0.3) is 0 Å². The summed E-state index contributed by atoms with van der Waals surface area (Å²) in [6, 6.07) is 0. The lowest BCUT2D eigenvalue weighted by Crippen LogP contribution is -2.14. The van der Waals surface area contributed by atoms with Crippen LogP contribution in [0.1, 0.15) is 30.7 Å². The van der Waals surface area contributed by atoms with Crippen molar-refractivity contribution in [2.24, 2.45) is 7.05 Å². The monoisotopic (exact) mass is 249 g/mol. The van der Waals surface area contributed by atoms with Crippen LogP contribution in [0.4, 0.5) is 0 Å². The summed E-state index contributed by atoms with van der Waals surface area (Å²) in [6.07, 6.45) is 3.05. The normalized spacial score (nSPS) is 11.1. The lowest BCUT2D eigenvalue weighted by atomic mass is 10.4. The Kier molecular flexibility index (Phi) is 4.03. The van der Waals surface area contributed by atoms with Crippen molar-refractivity contribution in [3.8, 4) is 0 Å². The van der Waals surface area contributed by atoms with E-state index in [9.17, 15) is 0 Å². The molecule has 0 saturated carbocycles. The molecule has 2 aromatic heterocycles. The largest absolute Gasteiger partial charge is 0.317 e. The SMILES string of the molecule is CCCNCc1cn(Cc2nnc(C)n2C)nn1. The number of rotatable bonds is 6. The Labute approximate surface area is 106 Å². The highest BCUT2D eigenvalue weighted by Gasteiger charge is 2.07. The third-order valence-corrected chi connectivity index (χ3v) is 2.81. The van der Waals surface area contributed by atoms with Gasteiger partial charge in [-0.2, -0.15) is 0 Å². The fraction of sp³-hybridized carbons (Fsp3) is 0.636. The van der Waals surface area contributed by atoms with Crippen molar-refractivity contribution in [1.29, 1.82) is 0 Å². The summed E-state index contributed by atoms with van der Waals surface area (Å²) in [7, 11) is 1.95. The van der Waals surface area contributed by atoms with Gasteiger partial charge < -0.3 is 9.88 Å². The minimum atomic E-state index is 0.595. The number of aromatic nitrogens is 6. The summed E-state index contributed by atoms with van der Waals surface area (Å²) in [5.41, 5.74) is 0.947. The van der Waals surface area contributed by atoms with Crippen molar-refractivity contribution in [3.05, 3.63) is 23.5 Å². The average molecular weight is 249 g/mol. The summed E-state index contributed by atoms with van der Waals surface area (Å²) in [5.74, 6) is 1.78. The molecule has 0 spiro atoms. The Morgan fingerprint density at radius 1 is 1.28 bits per heavy atom. The van der Waals surface area contributed by atoms with Gasteiger partial charge in [-0.05, 0) is 19.9 Å². The van der Waals surface area contributed by atoms with E-state index in [2.05, 4.69) is 32.7 Å². The molecule has 7 heteroatoms. The lowest BCUT2D eigenvalue weighted by Gasteiger charge is -2.00. The maximum atomic E-state index is 4.11. The highest BCUT2D eigenvalue weighted by atomic mass is 15.4. The second-order valence-electron chi connectivity index (χ2n) is 4.31. The first kappa shape index (κ1) is 12.7. The summed E-state index contributed by atoms with van der Waals surface area (Å²) < 4.78 is 3.74. The van der Waals surface area contributed by atoms with E-state index >= 15 is 0 Å². The van der Waals surface area contributed by atoms with Crippen molar-refractivity contribution in [1.82, 2.24) is 35.1 Å². The van der Waals surface area contributed by atoms with Crippen LogP contribution in [-0.2, 0) is 20.1 Å². The van der Waals surface area contributed by atoms with Gasteiger partial charge in [0.1, 0.15) is 12.4 Å². The first-order chi connectivity index (χ1) is 8.70.